The van der Waals surface area contributed by atoms with E-state index in [0.29, 0.717) is 10.5 Å². The molecule has 0 aliphatic heterocycles. The van der Waals surface area contributed by atoms with E-state index >= 15 is 0 Å². The number of hydrogen-bond acceptors (Lipinski definition) is 8. The van der Waals surface area contributed by atoms with Gasteiger partial charge in [0.05, 0.1) is 12.0 Å². The van der Waals surface area contributed by atoms with Gasteiger partial charge >= 0.3 is 18.2 Å². The van der Waals surface area contributed by atoms with E-state index in [1.165, 1.54) is 12.1 Å². The fourth-order valence-corrected chi connectivity index (χ4v) is 3.43. The van der Waals surface area contributed by atoms with Gasteiger partial charge in [-0.15, -0.1) is 10.2 Å². The lowest BCUT2D eigenvalue weighted by Crippen LogP contribution is -2.44. The minimum atomic E-state index is -4.46. The first-order valence-electron chi connectivity index (χ1n) is 9.95. The summed E-state index contributed by atoms with van der Waals surface area (Å²) in [7, 11) is 0. The number of ether oxygens (including phenoxy) is 1. The van der Waals surface area contributed by atoms with E-state index in [9.17, 15) is 27.6 Å². The van der Waals surface area contributed by atoms with Gasteiger partial charge in [0, 0.05) is 4.90 Å². The first kappa shape index (κ1) is 25.7. The molecule has 0 radical (unpaired) electrons. The molecule has 2 N–H and O–H groups in total. The third-order valence-corrected chi connectivity index (χ3v) is 5.25. The smallest absolute Gasteiger partial charge is 0.416 e. The summed E-state index contributed by atoms with van der Waals surface area (Å²) in [6, 6.07) is 11.6. The molecule has 0 aliphatic carbocycles. The number of alkyl halides is 3. The Labute approximate surface area is 200 Å². The number of amides is 1. The standard InChI is InChI=1S/C21H18F3N5O5S/c22-21(23,24)14-6-8-15(9-7-14)35-19-26-28-29(27-19)11-17(30)16(10-18(31)32)25-20(33)34-12-13-4-2-1-3-5-13/h1-9,16H,10-12H2,(H,25,33)(H,31,32). The molecule has 1 heterocycles. The van der Waals surface area contributed by atoms with Gasteiger partial charge in [-0.25, -0.2) is 4.79 Å². The first-order valence-corrected chi connectivity index (χ1v) is 10.8. The van der Waals surface area contributed by atoms with Gasteiger partial charge in [0.25, 0.3) is 0 Å². The Balaban J connectivity index is 1.57. The number of carbonyl (C=O) groups excluding carboxylic acids is 2. The van der Waals surface area contributed by atoms with E-state index < -0.39 is 48.6 Å². The summed E-state index contributed by atoms with van der Waals surface area (Å²) >= 11 is 0.921. The van der Waals surface area contributed by atoms with Gasteiger partial charge in [-0.1, -0.05) is 30.3 Å². The van der Waals surface area contributed by atoms with Crippen LogP contribution >= 0.6 is 11.8 Å². The van der Waals surface area contributed by atoms with Gasteiger partial charge in [0.1, 0.15) is 19.2 Å². The van der Waals surface area contributed by atoms with Crippen LogP contribution in [0.1, 0.15) is 17.5 Å². The molecule has 2 aromatic carbocycles. The van der Waals surface area contributed by atoms with Crippen LogP contribution in [-0.2, 0) is 33.7 Å². The average molecular weight is 509 g/mol. The van der Waals surface area contributed by atoms with Crippen molar-refractivity contribution in [2.75, 3.05) is 0 Å². The van der Waals surface area contributed by atoms with Crippen LogP contribution < -0.4 is 5.32 Å². The molecule has 1 atom stereocenters. The molecule has 184 valence electrons. The minimum Gasteiger partial charge on any atom is -0.481 e. The highest BCUT2D eigenvalue weighted by atomic mass is 32.2. The predicted molar refractivity (Wildman–Crippen MR) is 114 cm³/mol. The molecular formula is C21H18F3N5O5S. The Kier molecular flexibility index (Phi) is 8.41. The lowest BCUT2D eigenvalue weighted by molar-refractivity contribution is -0.139. The zero-order valence-corrected chi connectivity index (χ0v) is 18.6. The number of nitrogens with one attached hydrogen (secondary N) is 1. The maximum Gasteiger partial charge on any atom is 0.416 e. The van der Waals surface area contributed by atoms with Crippen molar-refractivity contribution in [3.63, 3.8) is 0 Å². The van der Waals surface area contributed by atoms with E-state index in [1.807, 2.05) is 0 Å². The van der Waals surface area contributed by atoms with Crippen LogP contribution in [0.4, 0.5) is 18.0 Å². The van der Waals surface area contributed by atoms with Gasteiger partial charge in [-0.2, -0.15) is 18.0 Å². The summed E-state index contributed by atoms with van der Waals surface area (Å²) in [5.41, 5.74) is -0.100. The highest BCUT2D eigenvalue weighted by Gasteiger charge is 2.30. The van der Waals surface area contributed by atoms with Gasteiger partial charge in [0.15, 0.2) is 5.78 Å². The maximum atomic E-state index is 12.7. The van der Waals surface area contributed by atoms with Crippen molar-refractivity contribution in [1.29, 1.82) is 0 Å². The largest absolute Gasteiger partial charge is 0.481 e. The van der Waals surface area contributed by atoms with Crippen molar-refractivity contribution in [2.45, 2.75) is 41.8 Å². The number of ketones is 1. The lowest BCUT2D eigenvalue weighted by atomic mass is 10.1. The zero-order chi connectivity index (χ0) is 25.4. The average Bonchev–Trinajstić information content (AvgIpc) is 3.24. The second-order valence-electron chi connectivity index (χ2n) is 7.05. The van der Waals surface area contributed by atoms with E-state index in [4.69, 9.17) is 9.84 Å². The molecule has 0 aliphatic rings. The number of hydrogen-bond donors (Lipinski definition) is 2. The van der Waals surface area contributed by atoms with Crippen LogP contribution in [-0.4, -0.2) is 49.2 Å². The monoisotopic (exact) mass is 509 g/mol. The van der Waals surface area contributed by atoms with Crippen LogP contribution in [0.5, 0.6) is 0 Å². The number of carboxylic acids is 1. The number of benzene rings is 2. The van der Waals surface area contributed by atoms with Crippen molar-refractivity contribution in [2.24, 2.45) is 0 Å². The van der Waals surface area contributed by atoms with E-state index in [1.54, 1.807) is 30.3 Å². The third-order valence-electron chi connectivity index (χ3n) is 4.39. The number of aliphatic carboxylic acids is 1. The molecule has 3 rings (SSSR count). The number of halogens is 3. The van der Waals surface area contributed by atoms with Crippen LogP contribution in [0.25, 0.3) is 0 Å². The molecule has 0 saturated carbocycles. The zero-order valence-electron chi connectivity index (χ0n) is 17.8. The van der Waals surface area contributed by atoms with Crippen molar-refractivity contribution in [1.82, 2.24) is 25.5 Å². The number of nitrogens with zero attached hydrogens (tertiary/aromatic N) is 4. The molecule has 35 heavy (non-hydrogen) atoms. The van der Waals surface area contributed by atoms with Gasteiger partial charge < -0.3 is 15.2 Å². The normalized spacial score (nSPS) is 12.1. The lowest BCUT2D eigenvalue weighted by Gasteiger charge is -2.15. The van der Waals surface area contributed by atoms with E-state index in [-0.39, 0.29) is 11.8 Å². The molecule has 0 saturated heterocycles. The molecule has 0 fully saturated rings. The van der Waals surface area contributed by atoms with E-state index in [2.05, 4.69) is 20.7 Å². The number of carbonyl (C=O) groups is 3. The summed E-state index contributed by atoms with van der Waals surface area (Å²) in [5, 5.41) is 22.7. The number of tetrazole rings is 1. The quantitative estimate of drug-likeness (QED) is 0.422. The molecule has 1 aromatic heterocycles. The van der Waals surface area contributed by atoms with Gasteiger partial charge in [-0.05, 0) is 46.8 Å². The molecule has 0 bridgehead atoms. The molecule has 0 spiro atoms. The predicted octanol–water partition coefficient (Wildman–Crippen LogP) is 3.18. The Hall–Kier alpha value is -3.94. The van der Waals surface area contributed by atoms with Crippen LogP contribution in [0.3, 0.4) is 0 Å². The van der Waals surface area contributed by atoms with E-state index in [0.717, 1.165) is 28.7 Å². The summed E-state index contributed by atoms with van der Waals surface area (Å²) < 4.78 is 43.0. The van der Waals surface area contributed by atoms with Gasteiger partial charge in [0.2, 0.25) is 5.16 Å². The molecule has 3 aromatic rings. The molecule has 14 heteroatoms. The second-order valence-corrected chi connectivity index (χ2v) is 8.09. The van der Waals surface area contributed by atoms with Crippen molar-refractivity contribution in [3.05, 3.63) is 65.7 Å². The summed E-state index contributed by atoms with van der Waals surface area (Å²) in [6.07, 6.45) is -6.13. The van der Waals surface area contributed by atoms with Crippen molar-refractivity contribution < 1.29 is 37.4 Å². The van der Waals surface area contributed by atoms with Crippen LogP contribution in [0, 0.1) is 0 Å². The molecule has 1 unspecified atom stereocenters. The highest BCUT2D eigenvalue weighted by molar-refractivity contribution is 7.99. The van der Waals surface area contributed by atoms with Crippen LogP contribution in [0.15, 0.2) is 64.6 Å². The number of aromatic nitrogens is 4. The number of Topliss-reactive ketones (excluding diaryl/α,β-unsaturated/α-hetero) is 1. The van der Waals surface area contributed by atoms with Crippen molar-refractivity contribution in [3.8, 4) is 0 Å². The Morgan fingerprint density at radius 2 is 1.77 bits per heavy atom. The fraction of sp³-hybridized carbons (Fsp3) is 0.238. The number of carboxylic acid groups (broad SMARTS) is 1. The first-order chi connectivity index (χ1) is 16.6. The highest BCUT2D eigenvalue weighted by Crippen LogP contribution is 2.31. The Morgan fingerprint density at radius 3 is 2.40 bits per heavy atom. The summed E-state index contributed by atoms with van der Waals surface area (Å²) in [5.74, 6) is -2.04. The maximum absolute atomic E-state index is 12.7. The Bertz CT molecular complexity index is 1170. The third kappa shape index (κ3) is 8.10. The summed E-state index contributed by atoms with van der Waals surface area (Å²) in [4.78, 5) is 37.1. The molecular weight excluding hydrogens is 491 g/mol. The fourth-order valence-electron chi connectivity index (χ4n) is 2.73. The van der Waals surface area contributed by atoms with Crippen LogP contribution in [0.2, 0.25) is 0 Å². The van der Waals surface area contributed by atoms with Gasteiger partial charge in [-0.3, -0.25) is 9.59 Å². The number of rotatable bonds is 10. The SMILES string of the molecule is O=C(O)CC(NC(=O)OCc1ccccc1)C(=O)Cn1nnc(Sc2ccc(C(F)(F)F)cc2)n1. The Morgan fingerprint density at radius 1 is 1.09 bits per heavy atom. The summed E-state index contributed by atoms with van der Waals surface area (Å²) in [6.45, 7) is -0.576. The minimum absolute atomic E-state index is 0.0579. The molecule has 1 amide bonds. The topological polar surface area (TPSA) is 136 Å². The molecule has 10 nitrogen and oxygen atoms in total. The number of alkyl carbamates (subject to hydrolysis) is 1. The van der Waals surface area contributed by atoms with Crippen molar-refractivity contribution >= 4 is 29.6 Å². The second kappa shape index (κ2) is 11.5.